The Morgan fingerprint density at radius 1 is 1.31 bits per heavy atom. The Hall–Kier alpha value is -1.36. The van der Waals surface area contributed by atoms with Gasteiger partial charge in [-0.3, -0.25) is 4.79 Å². The number of benzene rings is 1. The van der Waals surface area contributed by atoms with Gasteiger partial charge in [0.2, 0.25) is 0 Å². The van der Waals surface area contributed by atoms with Crippen LogP contribution in [0.15, 0.2) is 24.3 Å². The van der Waals surface area contributed by atoms with Gasteiger partial charge < -0.3 is 9.84 Å². The number of rotatable bonds is 3. The van der Waals surface area contributed by atoms with Gasteiger partial charge in [-0.25, -0.2) is 4.79 Å². The van der Waals surface area contributed by atoms with Crippen LogP contribution in [0.25, 0.3) is 0 Å². The summed E-state index contributed by atoms with van der Waals surface area (Å²) in [5.74, 6) is -1.59. The summed E-state index contributed by atoms with van der Waals surface area (Å²) in [6.07, 6.45) is 0. The smallest absolute Gasteiger partial charge is 0.339 e. The fourth-order valence-corrected chi connectivity index (χ4v) is 0.997. The largest absolute Gasteiger partial charge is 0.478 e. The number of carboxylic acid groups (broad SMARTS) is 1. The number of halogens is 1. The van der Waals surface area contributed by atoms with Gasteiger partial charge in [0.05, 0.1) is 0 Å². The van der Waals surface area contributed by atoms with Crippen LogP contribution < -0.4 is 4.74 Å². The Morgan fingerprint density at radius 3 is 2.38 bits per heavy atom. The number of hydrogen-bond donors (Lipinski definition) is 1. The molecule has 16 heavy (non-hydrogen) atoms. The van der Waals surface area contributed by atoms with Gasteiger partial charge in [0, 0.05) is 0 Å². The molecule has 0 amide bonds. The van der Waals surface area contributed by atoms with Gasteiger partial charge in [-0.1, -0.05) is 41.9 Å². The van der Waals surface area contributed by atoms with Gasteiger partial charge >= 0.3 is 11.9 Å². The standard InChI is InChI=1S/C9H7BrO4.C2H6/c10-5-8(11)14-7-4-2-1-3-6(7)9(12)13;1-2/h1-4H,5H2,(H,12,13);1-2H3. The highest BCUT2D eigenvalue weighted by Crippen LogP contribution is 2.17. The van der Waals surface area contributed by atoms with Gasteiger partial charge in [-0.2, -0.15) is 0 Å². The average Bonchev–Trinajstić information content (AvgIpc) is 2.32. The van der Waals surface area contributed by atoms with Crippen LogP contribution in [0, 0.1) is 0 Å². The number of carbonyl (C=O) groups is 2. The molecule has 0 aliphatic rings. The number of ether oxygens (including phenoxy) is 1. The van der Waals surface area contributed by atoms with Crippen LogP contribution in [-0.2, 0) is 4.79 Å². The van der Waals surface area contributed by atoms with E-state index >= 15 is 0 Å². The molecule has 0 aliphatic carbocycles. The molecule has 0 radical (unpaired) electrons. The summed E-state index contributed by atoms with van der Waals surface area (Å²) in [5, 5.41) is 8.78. The molecule has 0 bridgehead atoms. The molecule has 5 heteroatoms. The van der Waals surface area contributed by atoms with Crippen LogP contribution in [0.1, 0.15) is 24.2 Å². The van der Waals surface area contributed by atoms with Crippen molar-refractivity contribution in [1.29, 1.82) is 0 Å². The Bertz CT molecular complexity index is 363. The van der Waals surface area contributed by atoms with Crippen molar-refractivity contribution in [2.75, 3.05) is 5.33 Å². The molecule has 0 unspecified atom stereocenters. The summed E-state index contributed by atoms with van der Waals surface area (Å²) in [5.41, 5.74) is -0.0261. The monoisotopic (exact) mass is 288 g/mol. The number of alkyl halides is 1. The Morgan fingerprint density at radius 2 is 1.88 bits per heavy atom. The lowest BCUT2D eigenvalue weighted by atomic mass is 10.2. The fraction of sp³-hybridized carbons (Fsp3) is 0.273. The molecular formula is C11H13BrO4. The first-order chi connectivity index (χ1) is 7.65. The minimum absolute atomic E-state index is 0.0261. The van der Waals surface area contributed by atoms with Crippen molar-refractivity contribution in [1.82, 2.24) is 0 Å². The lowest BCUT2D eigenvalue weighted by molar-refractivity contribution is -0.131. The Kier molecular flexibility index (Phi) is 7.20. The minimum Gasteiger partial charge on any atom is -0.478 e. The van der Waals surface area contributed by atoms with Gasteiger partial charge in [-0.15, -0.1) is 0 Å². The third-order valence-corrected chi connectivity index (χ3v) is 1.91. The second-order valence-corrected chi connectivity index (χ2v) is 2.97. The van der Waals surface area contributed by atoms with Crippen LogP contribution in [0.5, 0.6) is 5.75 Å². The molecule has 0 atom stereocenters. The zero-order valence-electron chi connectivity index (χ0n) is 9.07. The molecule has 0 saturated carbocycles. The van der Waals surface area contributed by atoms with E-state index in [1.165, 1.54) is 12.1 Å². The first kappa shape index (κ1) is 14.6. The van der Waals surface area contributed by atoms with E-state index in [4.69, 9.17) is 9.84 Å². The molecule has 0 fully saturated rings. The summed E-state index contributed by atoms with van der Waals surface area (Å²) in [7, 11) is 0. The first-order valence-corrected chi connectivity index (χ1v) is 5.86. The molecule has 0 saturated heterocycles. The molecule has 0 aliphatic heterocycles. The number of carbonyl (C=O) groups excluding carboxylic acids is 1. The van der Waals surface area contributed by atoms with E-state index in [1.54, 1.807) is 12.1 Å². The lowest BCUT2D eigenvalue weighted by Gasteiger charge is -2.04. The zero-order valence-corrected chi connectivity index (χ0v) is 10.7. The van der Waals surface area contributed by atoms with Crippen molar-refractivity contribution in [3.63, 3.8) is 0 Å². The van der Waals surface area contributed by atoms with E-state index < -0.39 is 11.9 Å². The molecule has 1 rings (SSSR count). The molecule has 0 spiro atoms. The van der Waals surface area contributed by atoms with Gasteiger partial charge in [0.25, 0.3) is 0 Å². The summed E-state index contributed by atoms with van der Waals surface area (Å²) in [4.78, 5) is 21.6. The molecule has 0 heterocycles. The van der Waals surface area contributed by atoms with E-state index in [9.17, 15) is 9.59 Å². The quantitative estimate of drug-likeness (QED) is 0.528. The highest BCUT2D eigenvalue weighted by Gasteiger charge is 2.12. The number of hydrogen-bond acceptors (Lipinski definition) is 3. The fourth-order valence-electron chi connectivity index (χ4n) is 0.882. The Balaban J connectivity index is 0.00000106. The number of aromatic carboxylic acids is 1. The SMILES string of the molecule is CC.O=C(CBr)Oc1ccccc1C(=O)O. The molecule has 1 aromatic rings. The van der Waals surface area contributed by atoms with E-state index in [-0.39, 0.29) is 16.6 Å². The van der Waals surface area contributed by atoms with Crippen LogP contribution in [0.3, 0.4) is 0 Å². The molecular weight excluding hydrogens is 276 g/mol. The van der Waals surface area contributed by atoms with Crippen LogP contribution in [-0.4, -0.2) is 22.4 Å². The normalized spacial score (nSPS) is 8.69. The number of para-hydroxylation sites is 1. The number of esters is 1. The summed E-state index contributed by atoms with van der Waals surface area (Å²) < 4.78 is 4.79. The summed E-state index contributed by atoms with van der Waals surface area (Å²) in [6.45, 7) is 4.00. The first-order valence-electron chi connectivity index (χ1n) is 4.74. The third-order valence-electron chi connectivity index (χ3n) is 1.45. The van der Waals surface area contributed by atoms with Gasteiger partial charge in [0.1, 0.15) is 16.6 Å². The van der Waals surface area contributed by atoms with Crippen LogP contribution in [0.4, 0.5) is 0 Å². The van der Waals surface area contributed by atoms with Crippen molar-refractivity contribution < 1.29 is 19.4 Å². The maximum atomic E-state index is 10.9. The molecule has 0 aromatic heterocycles. The second-order valence-electron chi connectivity index (χ2n) is 2.41. The number of carboxylic acids is 1. The highest BCUT2D eigenvalue weighted by molar-refractivity contribution is 9.09. The average molecular weight is 289 g/mol. The predicted octanol–water partition coefficient (Wildman–Crippen LogP) is 2.71. The topological polar surface area (TPSA) is 63.6 Å². The van der Waals surface area contributed by atoms with Crippen molar-refractivity contribution in [3.05, 3.63) is 29.8 Å². The Labute approximate surface area is 102 Å². The van der Waals surface area contributed by atoms with Crippen LogP contribution in [0.2, 0.25) is 0 Å². The van der Waals surface area contributed by atoms with Crippen molar-refractivity contribution in [2.45, 2.75) is 13.8 Å². The minimum atomic E-state index is -1.12. The van der Waals surface area contributed by atoms with E-state index in [0.29, 0.717) is 0 Å². The molecule has 1 aromatic carbocycles. The molecule has 1 N–H and O–H groups in total. The van der Waals surface area contributed by atoms with Crippen molar-refractivity contribution in [2.24, 2.45) is 0 Å². The molecule has 4 nitrogen and oxygen atoms in total. The van der Waals surface area contributed by atoms with E-state index in [0.717, 1.165) is 0 Å². The second kappa shape index (κ2) is 7.87. The van der Waals surface area contributed by atoms with Crippen LogP contribution >= 0.6 is 15.9 Å². The van der Waals surface area contributed by atoms with Crippen molar-refractivity contribution in [3.8, 4) is 5.75 Å². The lowest BCUT2D eigenvalue weighted by Crippen LogP contribution is -2.11. The van der Waals surface area contributed by atoms with E-state index in [2.05, 4.69) is 15.9 Å². The zero-order chi connectivity index (χ0) is 12.6. The summed E-state index contributed by atoms with van der Waals surface area (Å²) in [6, 6.07) is 5.97. The van der Waals surface area contributed by atoms with Crippen molar-refractivity contribution >= 4 is 27.9 Å². The van der Waals surface area contributed by atoms with E-state index in [1.807, 2.05) is 13.8 Å². The maximum absolute atomic E-state index is 10.9. The summed E-state index contributed by atoms with van der Waals surface area (Å²) >= 11 is 2.91. The maximum Gasteiger partial charge on any atom is 0.339 e. The third kappa shape index (κ3) is 4.44. The molecule has 88 valence electrons. The van der Waals surface area contributed by atoms with Gasteiger partial charge in [0.15, 0.2) is 0 Å². The predicted molar refractivity (Wildman–Crippen MR) is 64.2 cm³/mol. The highest BCUT2D eigenvalue weighted by atomic mass is 79.9. The van der Waals surface area contributed by atoms with Gasteiger partial charge in [-0.05, 0) is 12.1 Å².